The van der Waals surface area contributed by atoms with E-state index in [1.807, 2.05) is 0 Å². The Labute approximate surface area is 135 Å². The zero-order chi connectivity index (χ0) is 16.5. The number of aromatic nitrogens is 1. The number of hydrogen-bond acceptors (Lipinski definition) is 4. The molecule has 8 heteroatoms. The number of carbonyl (C=O) groups is 1. The Hall–Kier alpha value is -1.44. The van der Waals surface area contributed by atoms with Crippen LogP contribution < -0.4 is 10.1 Å². The lowest BCUT2D eigenvalue weighted by Crippen LogP contribution is -2.27. The van der Waals surface area contributed by atoms with E-state index in [9.17, 15) is 13.6 Å². The lowest BCUT2D eigenvalue weighted by Gasteiger charge is -2.20. The van der Waals surface area contributed by atoms with E-state index in [1.165, 1.54) is 12.3 Å². The predicted octanol–water partition coefficient (Wildman–Crippen LogP) is 4.23. The van der Waals surface area contributed by atoms with Gasteiger partial charge in [-0.25, -0.2) is 18.6 Å². The summed E-state index contributed by atoms with van der Waals surface area (Å²) in [5.74, 6) is -3.22. The van der Waals surface area contributed by atoms with E-state index in [2.05, 4.69) is 26.2 Å². The molecule has 1 aromatic heterocycles. The SMILES string of the molecule is CC(C)(C)OC(=O)Nc1cc(Br)ncc1OCC1CC1(F)F. The van der Waals surface area contributed by atoms with Crippen molar-refractivity contribution in [2.45, 2.75) is 38.7 Å². The zero-order valence-electron chi connectivity index (χ0n) is 12.5. The molecule has 1 unspecified atom stereocenters. The minimum Gasteiger partial charge on any atom is -0.489 e. The summed E-state index contributed by atoms with van der Waals surface area (Å²) in [6.07, 6.45) is 0.524. The smallest absolute Gasteiger partial charge is 0.412 e. The molecule has 0 bridgehead atoms. The highest BCUT2D eigenvalue weighted by atomic mass is 79.9. The third-order valence-electron chi connectivity index (χ3n) is 2.87. The quantitative estimate of drug-likeness (QED) is 0.796. The number of carbonyl (C=O) groups excluding carboxylic acids is 1. The number of nitrogens with one attached hydrogen (secondary N) is 1. The van der Waals surface area contributed by atoms with Crippen LogP contribution in [0.4, 0.5) is 19.3 Å². The van der Waals surface area contributed by atoms with Gasteiger partial charge in [0.25, 0.3) is 5.92 Å². The van der Waals surface area contributed by atoms with Gasteiger partial charge < -0.3 is 9.47 Å². The summed E-state index contributed by atoms with van der Waals surface area (Å²) in [7, 11) is 0. The number of ether oxygens (including phenoxy) is 2. The maximum absolute atomic E-state index is 12.9. The molecule has 1 atom stereocenters. The van der Waals surface area contributed by atoms with Crippen LogP contribution >= 0.6 is 15.9 Å². The van der Waals surface area contributed by atoms with E-state index in [0.29, 0.717) is 10.3 Å². The highest BCUT2D eigenvalue weighted by Gasteiger charge is 2.57. The first kappa shape index (κ1) is 16.9. The number of amides is 1. The van der Waals surface area contributed by atoms with E-state index < -0.39 is 23.5 Å². The Balaban J connectivity index is 2.02. The molecule has 0 aliphatic heterocycles. The fraction of sp³-hybridized carbons (Fsp3) is 0.571. The van der Waals surface area contributed by atoms with Crippen molar-refractivity contribution in [1.29, 1.82) is 0 Å². The topological polar surface area (TPSA) is 60.5 Å². The van der Waals surface area contributed by atoms with Crippen molar-refractivity contribution in [3.05, 3.63) is 16.9 Å². The van der Waals surface area contributed by atoms with Crippen molar-refractivity contribution in [2.24, 2.45) is 5.92 Å². The second-order valence-corrected chi connectivity index (χ2v) is 6.92. The fourth-order valence-corrected chi connectivity index (χ4v) is 2.02. The molecule has 1 N–H and O–H groups in total. The number of anilines is 1. The average Bonchev–Trinajstić information content (AvgIpc) is 2.93. The van der Waals surface area contributed by atoms with Gasteiger partial charge in [0.15, 0.2) is 5.75 Å². The minimum atomic E-state index is -2.65. The van der Waals surface area contributed by atoms with Crippen LogP contribution in [0.3, 0.4) is 0 Å². The lowest BCUT2D eigenvalue weighted by atomic mass is 10.2. The summed E-state index contributed by atoms with van der Waals surface area (Å²) in [4.78, 5) is 15.8. The fourth-order valence-electron chi connectivity index (χ4n) is 1.68. The van der Waals surface area contributed by atoms with Gasteiger partial charge in [-0.2, -0.15) is 0 Å². The summed E-state index contributed by atoms with van der Waals surface area (Å²) >= 11 is 3.18. The Bertz CT molecular complexity index is 576. The molecule has 1 aliphatic rings. The first-order chi connectivity index (χ1) is 10.1. The second kappa shape index (κ2) is 5.98. The van der Waals surface area contributed by atoms with Crippen molar-refractivity contribution in [3.63, 3.8) is 0 Å². The normalized spacial score (nSPS) is 19.5. The highest BCUT2D eigenvalue weighted by molar-refractivity contribution is 9.10. The Morgan fingerprint density at radius 1 is 1.55 bits per heavy atom. The van der Waals surface area contributed by atoms with E-state index in [4.69, 9.17) is 9.47 Å². The molecule has 0 radical (unpaired) electrons. The van der Waals surface area contributed by atoms with E-state index in [-0.39, 0.29) is 18.8 Å². The van der Waals surface area contributed by atoms with E-state index >= 15 is 0 Å². The van der Waals surface area contributed by atoms with Crippen LogP contribution in [0, 0.1) is 5.92 Å². The molecule has 1 heterocycles. The van der Waals surface area contributed by atoms with Crippen molar-refractivity contribution >= 4 is 27.7 Å². The minimum absolute atomic E-state index is 0.126. The monoisotopic (exact) mass is 378 g/mol. The van der Waals surface area contributed by atoms with Crippen LogP contribution in [-0.4, -0.2) is 29.2 Å². The molecule has 1 saturated carbocycles. The molecule has 22 heavy (non-hydrogen) atoms. The molecule has 5 nitrogen and oxygen atoms in total. The van der Waals surface area contributed by atoms with Crippen LogP contribution in [0.2, 0.25) is 0 Å². The van der Waals surface area contributed by atoms with Gasteiger partial charge in [-0.3, -0.25) is 5.32 Å². The van der Waals surface area contributed by atoms with Gasteiger partial charge in [0.05, 0.1) is 24.4 Å². The number of rotatable bonds is 4. The van der Waals surface area contributed by atoms with Crippen molar-refractivity contribution < 1.29 is 23.0 Å². The summed E-state index contributed by atoms with van der Waals surface area (Å²) in [6.45, 7) is 5.09. The van der Waals surface area contributed by atoms with Crippen molar-refractivity contribution in [1.82, 2.24) is 4.98 Å². The number of alkyl halides is 2. The van der Waals surface area contributed by atoms with Crippen LogP contribution in [0.1, 0.15) is 27.2 Å². The first-order valence-corrected chi connectivity index (χ1v) is 7.52. The summed E-state index contributed by atoms with van der Waals surface area (Å²) in [5, 5.41) is 2.53. The second-order valence-electron chi connectivity index (χ2n) is 6.10. The van der Waals surface area contributed by atoms with Gasteiger partial charge in [-0.1, -0.05) is 0 Å². The molecule has 1 fully saturated rings. The Morgan fingerprint density at radius 2 is 2.18 bits per heavy atom. The predicted molar refractivity (Wildman–Crippen MR) is 80.3 cm³/mol. The third kappa shape index (κ3) is 4.79. The molecular formula is C14H17BrF2N2O3. The van der Waals surface area contributed by atoms with Gasteiger partial charge in [-0.15, -0.1) is 0 Å². The van der Waals surface area contributed by atoms with E-state index in [1.54, 1.807) is 20.8 Å². The van der Waals surface area contributed by atoms with Crippen molar-refractivity contribution in [2.75, 3.05) is 11.9 Å². The summed E-state index contributed by atoms with van der Waals surface area (Å²) < 4.78 is 36.7. The van der Waals surface area contributed by atoms with Gasteiger partial charge in [0.1, 0.15) is 10.2 Å². The van der Waals surface area contributed by atoms with Crippen LogP contribution in [-0.2, 0) is 4.74 Å². The van der Waals surface area contributed by atoms with Crippen molar-refractivity contribution in [3.8, 4) is 5.75 Å². The Kier molecular flexibility index (Phi) is 4.60. The van der Waals surface area contributed by atoms with Crippen LogP contribution in [0.5, 0.6) is 5.75 Å². The molecule has 1 aliphatic carbocycles. The van der Waals surface area contributed by atoms with Gasteiger partial charge in [0, 0.05) is 6.42 Å². The maximum Gasteiger partial charge on any atom is 0.412 e. The average molecular weight is 379 g/mol. The summed E-state index contributed by atoms with van der Waals surface area (Å²) in [6, 6.07) is 1.52. The van der Waals surface area contributed by atoms with Crippen LogP contribution in [0.25, 0.3) is 0 Å². The molecule has 1 amide bonds. The third-order valence-corrected chi connectivity index (χ3v) is 3.30. The molecular weight excluding hydrogens is 362 g/mol. The number of hydrogen-bond donors (Lipinski definition) is 1. The van der Waals surface area contributed by atoms with Gasteiger partial charge in [0.2, 0.25) is 0 Å². The molecule has 122 valence electrons. The number of nitrogens with zero attached hydrogens (tertiary/aromatic N) is 1. The molecule has 0 aromatic carbocycles. The maximum atomic E-state index is 12.9. The Morgan fingerprint density at radius 3 is 2.73 bits per heavy atom. The van der Waals surface area contributed by atoms with Gasteiger partial charge in [-0.05, 0) is 42.8 Å². The lowest BCUT2D eigenvalue weighted by molar-refractivity contribution is 0.0633. The highest BCUT2D eigenvalue weighted by Crippen LogP contribution is 2.48. The molecule has 0 saturated heterocycles. The molecule has 2 rings (SSSR count). The van der Waals surface area contributed by atoms with Crippen LogP contribution in [0.15, 0.2) is 16.9 Å². The van der Waals surface area contributed by atoms with E-state index in [0.717, 1.165) is 0 Å². The van der Waals surface area contributed by atoms with Gasteiger partial charge >= 0.3 is 6.09 Å². The number of halogens is 3. The number of pyridine rings is 1. The summed E-state index contributed by atoms with van der Waals surface area (Å²) in [5.41, 5.74) is -0.342. The molecule has 1 aromatic rings. The zero-order valence-corrected chi connectivity index (χ0v) is 14.0. The molecule has 0 spiro atoms. The standard InChI is InChI=1S/C14H17BrF2N2O3/c1-13(2,3)22-12(20)19-9-4-11(15)18-6-10(9)21-7-8-5-14(8,16)17/h4,6,8H,5,7H2,1-3H3,(H,18,19,20). The largest absolute Gasteiger partial charge is 0.489 e. The first-order valence-electron chi connectivity index (χ1n) is 6.73.